The molecule has 17 heavy (non-hydrogen) atoms. The molecular formula is C12H21IN2OS. The Balaban J connectivity index is 0.00000144. The minimum absolute atomic E-state index is 0. The van der Waals surface area contributed by atoms with Gasteiger partial charge in [-0.2, -0.15) is 0 Å². The Kier molecular flexibility index (Phi) is 5.21. The van der Waals surface area contributed by atoms with Crippen molar-refractivity contribution in [2.75, 3.05) is 6.61 Å². The number of thiazole rings is 1. The van der Waals surface area contributed by atoms with Gasteiger partial charge < -0.3 is 9.30 Å². The minimum Gasteiger partial charge on any atom is -0.376 e. The highest BCUT2D eigenvalue weighted by Crippen LogP contribution is 2.24. The molecule has 0 aliphatic carbocycles. The fourth-order valence-electron chi connectivity index (χ4n) is 1.88. The molecule has 5 heteroatoms. The van der Waals surface area contributed by atoms with Gasteiger partial charge in [0.15, 0.2) is 4.80 Å². The van der Waals surface area contributed by atoms with E-state index in [1.54, 1.807) is 11.3 Å². The van der Waals surface area contributed by atoms with Crippen molar-refractivity contribution in [2.24, 2.45) is 0 Å². The number of ether oxygens (including phenoxy) is 1. The summed E-state index contributed by atoms with van der Waals surface area (Å²) < 4.78 is 7.64. The van der Waals surface area contributed by atoms with Gasteiger partial charge in [0, 0.05) is 17.7 Å². The summed E-state index contributed by atoms with van der Waals surface area (Å²) in [6.07, 6.45) is 4.73. The Morgan fingerprint density at radius 3 is 2.71 bits per heavy atom. The van der Waals surface area contributed by atoms with E-state index in [0.717, 1.165) is 26.0 Å². The summed E-state index contributed by atoms with van der Waals surface area (Å²) >= 11 is 1.58. The second-order valence-electron chi connectivity index (χ2n) is 5.44. The van der Waals surface area contributed by atoms with Gasteiger partial charge in [-0.05, 0) is 18.3 Å². The van der Waals surface area contributed by atoms with Gasteiger partial charge in [-0.3, -0.25) is 5.41 Å². The molecule has 1 aliphatic heterocycles. The third-order valence-corrected chi connectivity index (χ3v) is 4.27. The molecule has 0 bridgehead atoms. The maximum Gasteiger partial charge on any atom is 0.182 e. The van der Waals surface area contributed by atoms with Gasteiger partial charge in [0.05, 0.1) is 12.6 Å². The number of aromatic nitrogens is 1. The average Bonchev–Trinajstić information content (AvgIpc) is 2.76. The fourth-order valence-corrected chi connectivity index (χ4v) is 2.82. The van der Waals surface area contributed by atoms with Crippen LogP contribution < -0.4 is 4.80 Å². The smallest absolute Gasteiger partial charge is 0.182 e. The molecule has 0 aromatic carbocycles. The molecule has 0 radical (unpaired) electrons. The van der Waals surface area contributed by atoms with Crippen molar-refractivity contribution in [2.45, 2.75) is 51.7 Å². The van der Waals surface area contributed by atoms with E-state index < -0.39 is 0 Å². The van der Waals surface area contributed by atoms with Crippen LogP contribution in [0.15, 0.2) is 6.20 Å². The van der Waals surface area contributed by atoms with Gasteiger partial charge in [0.25, 0.3) is 0 Å². The zero-order valence-corrected chi connectivity index (χ0v) is 13.8. The van der Waals surface area contributed by atoms with Crippen LogP contribution in [0, 0.1) is 5.41 Å². The second-order valence-corrected chi connectivity index (χ2v) is 6.47. The number of halogens is 1. The summed E-state index contributed by atoms with van der Waals surface area (Å²) in [6, 6.07) is 0. The molecule has 1 fully saturated rings. The first kappa shape index (κ1) is 15.2. The van der Waals surface area contributed by atoms with Crippen molar-refractivity contribution in [3.05, 3.63) is 15.9 Å². The van der Waals surface area contributed by atoms with Crippen LogP contribution >= 0.6 is 35.3 Å². The number of nitrogens with one attached hydrogen (secondary N) is 1. The largest absolute Gasteiger partial charge is 0.376 e. The van der Waals surface area contributed by atoms with E-state index in [1.807, 2.05) is 4.57 Å². The van der Waals surface area contributed by atoms with Crippen LogP contribution in [-0.4, -0.2) is 17.3 Å². The zero-order chi connectivity index (χ0) is 11.8. The fraction of sp³-hybridized carbons (Fsp3) is 0.750. The lowest BCUT2D eigenvalue weighted by Gasteiger charge is -2.15. The Bertz CT molecular complexity index is 413. The van der Waals surface area contributed by atoms with Crippen molar-refractivity contribution < 1.29 is 4.74 Å². The van der Waals surface area contributed by atoms with Crippen molar-refractivity contribution in [3.8, 4) is 0 Å². The first-order chi connectivity index (χ1) is 7.47. The normalized spacial score (nSPS) is 20.3. The van der Waals surface area contributed by atoms with Gasteiger partial charge in [-0.25, -0.2) is 0 Å². The molecule has 2 rings (SSSR count). The molecule has 0 saturated carbocycles. The third-order valence-electron chi connectivity index (χ3n) is 2.90. The summed E-state index contributed by atoms with van der Waals surface area (Å²) in [5, 5.41) is 7.96. The number of rotatable bonds is 2. The average molecular weight is 368 g/mol. The van der Waals surface area contributed by atoms with Crippen LogP contribution in [0.4, 0.5) is 0 Å². The van der Waals surface area contributed by atoms with Crippen molar-refractivity contribution in [1.82, 2.24) is 4.57 Å². The monoisotopic (exact) mass is 368 g/mol. The van der Waals surface area contributed by atoms with Gasteiger partial charge in [-0.15, -0.1) is 35.3 Å². The SMILES string of the molecule is CC(C)(C)c1cn(C[C@H]2CCCO2)c(=N)s1.I. The maximum absolute atomic E-state index is 7.96. The van der Waals surface area contributed by atoms with Gasteiger partial charge in [-0.1, -0.05) is 20.8 Å². The highest BCUT2D eigenvalue weighted by molar-refractivity contribution is 14.0. The maximum atomic E-state index is 7.96. The molecule has 1 aliphatic rings. The third kappa shape index (κ3) is 3.79. The molecule has 1 aromatic heterocycles. The Morgan fingerprint density at radius 2 is 2.24 bits per heavy atom. The summed E-state index contributed by atoms with van der Waals surface area (Å²) in [5.74, 6) is 0. The van der Waals surface area contributed by atoms with E-state index >= 15 is 0 Å². The molecule has 98 valence electrons. The van der Waals surface area contributed by atoms with Gasteiger partial charge in [0.2, 0.25) is 0 Å². The van der Waals surface area contributed by atoms with Crippen molar-refractivity contribution >= 4 is 35.3 Å². The molecule has 1 atom stereocenters. The summed E-state index contributed by atoms with van der Waals surface area (Å²) in [7, 11) is 0. The lowest BCUT2D eigenvalue weighted by Crippen LogP contribution is -2.21. The lowest BCUT2D eigenvalue weighted by atomic mass is 9.95. The van der Waals surface area contributed by atoms with Crippen LogP contribution in [0.5, 0.6) is 0 Å². The van der Waals surface area contributed by atoms with Crippen molar-refractivity contribution in [3.63, 3.8) is 0 Å². The first-order valence-corrected chi connectivity index (χ1v) is 6.65. The summed E-state index contributed by atoms with van der Waals surface area (Å²) in [5.41, 5.74) is 0.141. The van der Waals surface area contributed by atoms with Crippen LogP contribution in [0.3, 0.4) is 0 Å². The number of hydrogen-bond acceptors (Lipinski definition) is 3. The van der Waals surface area contributed by atoms with Crippen LogP contribution in [-0.2, 0) is 16.7 Å². The number of hydrogen-bond donors (Lipinski definition) is 1. The molecule has 2 heterocycles. The van der Waals surface area contributed by atoms with E-state index in [1.165, 1.54) is 4.88 Å². The summed E-state index contributed by atoms with van der Waals surface area (Å²) in [4.78, 5) is 1.91. The highest BCUT2D eigenvalue weighted by atomic mass is 127. The Morgan fingerprint density at radius 1 is 1.53 bits per heavy atom. The van der Waals surface area contributed by atoms with Crippen LogP contribution in [0.1, 0.15) is 38.5 Å². The van der Waals surface area contributed by atoms with E-state index in [0.29, 0.717) is 10.9 Å². The van der Waals surface area contributed by atoms with Crippen LogP contribution in [0.25, 0.3) is 0 Å². The predicted molar refractivity (Wildman–Crippen MR) is 81.3 cm³/mol. The lowest BCUT2D eigenvalue weighted by molar-refractivity contribution is 0.0962. The molecule has 0 spiro atoms. The molecule has 1 aromatic rings. The predicted octanol–water partition coefficient (Wildman–Crippen LogP) is 3.12. The van der Waals surface area contributed by atoms with E-state index in [-0.39, 0.29) is 29.4 Å². The molecule has 1 saturated heterocycles. The van der Waals surface area contributed by atoms with Gasteiger partial charge >= 0.3 is 0 Å². The van der Waals surface area contributed by atoms with E-state index in [4.69, 9.17) is 10.1 Å². The Hall–Kier alpha value is 0.120. The standard InChI is InChI=1S/C12H20N2OS.HI/c1-12(2,3)10-8-14(11(13)16-10)7-9-5-4-6-15-9;/h8-9,13H,4-7H2,1-3H3;1H/t9-;/m1./s1. The van der Waals surface area contributed by atoms with E-state index in [2.05, 4.69) is 27.0 Å². The highest BCUT2D eigenvalue weighted by Gasteiger charge is 2.20. The quantitative estimate of drug-likeness (QED) is 0.801. The second kappa shape index (κ2) is 5.84. The molecule has 1 N–H and O–H groups in total. The minimum atomic E-state index is 0. The molecule has 0 amide bonds. The van der Waals surface area contributed by atoms with Crippen LogP contribution in [0.2, 0.25) is 0 Å². The van der Waals surface area contributed by atoms with E-state index in [9.17, 15) is 0 Å². The zero-order valence-electron chi connectivity index (χ0n) is 10.7. The topological polar surface area (TPSA) is 38.0 Å². The summed E-state index contributed by atoms with van der Waals surface area (Å²) in [6.45, 7) is 8.29. The number of nitrogens with zero attached hydrogens (tertiary/aromatic N) is 1. The van der Waals surface area contributed by atoms with Crippen molar-refractivity contribution in [1.29, 1.82) is 5.41 Å². The first-order valence-electron chi connectivity index (χ1n) is 5.84. The molecule has 3 nitrogen and oxygen atoms in total. The molecule has 0 unspecified atom stereocenters. The Labute approximate surface area is 124 Å². The molecular weight excluding hydrogens is 347 g/mol. The van der Waals surface area contributed by atoms with Gasteiger partial charge in [0.1, 0.15) is 0 Å².